The second-order valence-corrected chi connectivity index (χ2v) is 6.88. The maximum absolute atomic E-state index is 13.5. The van der Waals surface area contributed by atoms with E-state index in [1.165, 1.54) is 12.1 Å². The van der Waals surface area contributed by atoms with Crippen LogP contribution in [0.2, 0.25) is 0 Å². The summed E-state index contributed by atoms with van der Waals surface area (Å²) >= 11 is 0. The molecule has 1 N–H and O–H groups in total. The van der Waals surface area contributed by atoms with Gasteiger partial charge in [0.1, 0.15) is 0 Å². The van der Waals surface area contributed by atoms with Crippen LogP contribution in [0.3, 0.4) is 0 Å². The van der Waals surface area contributed by atoms with E-state index in [4.69, 9.17) is 9.47 Å². The van der Waals surface area contributed by atoms with Crippen LogP contribution >= 0.6 is 0 Å². The zero-order chi connectivity index (χ0) is 18.6. The predicted molar refractivity (Wildman–Crippen MR) is 89.8 cm³/mol. The standard InChI is InChI=1S/C19H24F3NO3/c20-19(21,22)15-8-5-4-6-13(15)14-7-2-1-3-9-16(14)23-18(24)17-12-25-10-11-26-17/h4-6,8,14,16-17H,1-3,7,9-12H2,(H,23,24). The highest BCUT2D eigenvalue weighted by atomic mass is 19.4. The molecule has 0 aromatic heterocycles. The van der Waals surface area contributed by atoms with Gasteiger partial charge in [-0.3, -0.25) is 4.79 Å². The molecule has 1 aliphatic carbocycles. The number of rotatable bonds is 3. The highest BCUT2D eigenvalue weighted by Gasteiger charge is 2.38. The Morgan fingerprint density at radius 3 is 2.58 bits per heavy atom. The molecule has 0 bridgehead atoms. The van der Waals surface area contributed by atoms with E-state index < -0.39 is 17.8 Å². The van der Waals surface area contributed by atoms with Gasteiger partial charge in [0, 0.05) is 12.0 Å². The first-order valence-corrected chi connectivity index (χ1v) is 9.12. The van der Waals surface area contributed by atoms with Crippen LogP contribution in [0.5, 0.6) is 0 Å². The second kappa shape index (κ2) is 8.39. The molecule has 1 aromatic carbocycles. The largest absolute Gasteiger partial charge is 0.416 e. The molecule has 3 unspecified atom stereocenters. The van der Waals surface area contributed by atoms with E-state index in [1.54, 1.807) is 6.07 Å². The zero-order valence-electron chi connectivity index (χ0n) is 14.6. The number of carbonyl (C=O) groups excluding carboxylic acids is 1. The number of halogens is 3. The van der Waals surface area contributed by atoms with Gasteiger partial charge in [-0.1, -0.05) is 37.5 Å². The summed E-state index contributed by atoms with van der Waals surface area (Å²) in [4.78, 5) is 12.5. The van der Waals surface area contributed by atoms with Gasteiger partial charge in [0.05, 0.1) is 25.4 Å². The first kappa shape index (κ1) is 19.2. The first-order chi connectivity index (χ1) is 12.5. The molecule has 1 aromatic rings. The normalized spacial score (nSPS) is 27.6. The van der Waals surface area contributed by atoms with Crippen molar-refractivity contribution < 1.29 is 27.4 Å². The molecule has 0 radical (unpaired) electrons. The van der Waals surface area contributed by atoms with Crippen molar-refractivity contribution in [3.05, 3.63) is 35.4 Å². The summed E-state index contributed by atoms with van der Waals surface area (Å²) in [6.45, 7) is 0.986. The maximum atomic E-state index is 13.5. The third-order valence-electron chi connectivity index (χ3n) is 5.12. The molecule has 4 nitrogen and oxygen atoms in total. The number of benzene rings is 1. The molecule has 7 heteroatoms. The topological polar surface area (TPSA) is 47.6 Å². The predicted octanol–water partition coefficient (Wildman–Crippen LogP) is 3.65. The van der Waals surface area contributed by atoms with Crippen molar-refractivity contribution in [3.63, 3.8) is 0 Å². The SMILES string of the molecule is O=C(NC1CCCCCC1c1ccccc1C(F)(F)F)C1COCCO1. The van der Waals surface area contributed by atoms with E-state index in [0.717, 1.165) is 25.3 Å². The third kappa shape index (κ3) is 4.57. The Morgan fingerprint density at radius 2 is 1.85 bits per heavy atom. The number of amides is 1. The van der Waals surface area contributed by atoms with Gasteiger partial charge in [-0.2, -0.15) is 13.2 Å². The number of hydrogen-bond acceptors (Lipinski definition) is 3. The Bertz CT molecular complexity index is 614. The molecule has 1 saturated heterocycles. The Balaban J connectivity index is 1.82. The van der Waals surface area contributed by atoms with E-state index in [0.29, 0.717) is 26.1 Å². The van der Waals surface area contributed by atoms with Gasteiger partial charge in [0.25, 0.3) is 5.91 Å². The number of alkyl halides is 3. The molecule has 1 saturated carbocycles. The fraction of sp³-hybridized carbons (Fsp3) is 0.632. The fourth-order valence-corrected chi connectivity index (χ4v) is 3.85. The number of nitrogens with one attached hydrogen (secondary N) is 1. The summed E-state index contributed by atoms with van der Waals surface area (Å²) < 4.78 is 51.1. The van der Waals surface area contributed by atoms with Crippen molar-refractivity contribution in [3.8, 4) is 0 Å². The first-order valence-electron chi connectivity index (χ1n) is 9.12. The van der Waals surface area contributed by atoms with Crippen molar-refractivity contribution in [2.75, 3.05) is 19.8 Å². The van der Waals surface area contributed by atoms with Crippen LogP contribution in [-0.2, 0) is 20.4 Å². The summed E-state index contributed by atoms with van der Waals surface area (Å²) in [5.41, 5.74) is -0.337. The van der Waals surface area contributed by atoms with E-state index in [1.807, 2.05) is 0 Å². The van der Waals surface area contributed by atoms with Gasteiger partial charge >= 0.3 is 6.18 Å². The number of hydrogen-bond donors (Lipinski definition) is 1. The summed E-state index contributed by atoms with van der Waals surface area (Å²) in [5, 5.41) is 2.94. The van der Waals surface area contributed by atoms with Gasteiger partial charge in [-0.25, -0.2) is 0 Å². The van der Waals surface area contributed by atoms with Crippen LogP contribution in [0, 0.1) is 0 Å². The molecule has 1 heterocycles. The molecule has 2 aliphatic rings. The van der Waals surface area contributed by atoms with Gasteiger partial charge in [0.2, 0.25) is 0 Å². The molecular formula is C19H24F3NO3. The van der Waals surface area contributed by atoms with Crippen molar-refractivity contribution in [1.82, 2.24) is 5.32 Å². The van der Waals surface area contributed by atoms with E-state index >= 15 is 0 Å². The molecule has 3 atom stereocenters. The van der Waals surface area contributed by atoms with Crippen LogP contribution in [0.4, 0.5) is 13.2 Å². The monoisotopic (exact) mass is 371 g/mol. The van der Waals surface area contributed by atoms with Gasteiger partial charge in [0.15, 0.2) is 6.10 Å². The number of ether oxygens (including phenoxy) is 2. The van der Waals surface area contributed by atoms with Gasteiger partial charge < -0.3 is 14.8 Å². The van der Waals surface area contributed by atoms with Gasteiger partial charge in [-0.15, -0.1) is 0 Å². The molecule has 1 amide bonds. The maximum Gasteiger partial charge on any atom is 0.416 e. The average molecular weight is 371 g/mol. The highest BCUT2D eigenvalue weighted by Crippen LogP contribution is 2.40. The minimum absolute atomic E-state index is 0.183. The molecule has 0 spiro atoms. The van der Waals surface area contributed by atoms with Gasteiger partial charge in [-0.05, 0) is 24.5 Å². The average Bonchev–Trinajstić information content (AvgIpc) is 2.87. The van der Waals surface area contributed by atoms with Crippen molar-refractivity contribution in [2.45, 2.75) is 56.3 Å². The zero-order valence-corrected chi connectivity index (χ0v) is 14.6. The Hall–Kier alpha value is -1.60. The lowest BCUT2D eigenvalue weighted by molar-refractivity contribution is -0.148. The van der Waals surface area contributed by atoms with Crippen LogP contribution in [0.25, 0.3) is 0 Å². The van der Waals surface area contributed by atoms with Crippen LogP contribution in [0.15, 0.2) is 24.3 Å². The van der Waals surface area contributed by atoms with E-state index in [2.05, 4.69) is 5.32 Å². The fourth-order valence-electron chi connectivity index (χ4n) is 3.85. The summed E-state index contributed by atoms with van der Waals surface area (Å²) in [6.07, 6.45) is -1.11. The van der Waals surface area contributed by atoms with Crippen molar-refractivity contribution >= 4 is 5.91 Å². The van der Waals surface area contributed by atoms with Crippen LogP contribution in [-0.4, -0.2) is 37.9 Å². The highest BCUT2D eigenvalue weighted by molar-refractivity contribution is 5.81. The van der Waals surface area contributed by atoms with Crippen LogP contribution < -0.4 is 5.32 Å². The minimum atomic E-state index is -4.40. The molecule has 144 valence electrons. The van der Waals surface area contributed by atoms with Crippen molar-refractivity contribution in [2.24, 2.45) is 0 Å². The summed E-state index contributed by atoms with van der Waals surface area (Å²) in [7, 11) is 0. The quantitative estimate of drug-likeness (QED) is 0.825. The van der Waals surface area contributed by atoms with E-state index in [-0.39, 0.29) is 30.0 Å². The lowest BCUT2D eigenvalue weighted by Gasteiger charge is -2.31. The Morgan fingerprint density at radius 1 is 1.08 bits per heavy atom. The lowest BCUT2D eigenvalue weighted by atomic mass is 9.84. The Kier molecular flexibility index (Phi) is 6.19. The number of carbonyl (C=O) groups is 1. The molecule has 2 fully saturated rings. The Labute approximate surface area is 151 Å². The van der Waals surface area contributed by atoms with Crippen molar-refractivity contribution in [1.29, 1.82) is 0 Å². The van der Waals surface area contributed by atoms with Crippen LogP contribution in [0.1, 0.15) is 49.1 Å². The van der Waals surface area contributed by atoms with E-state index in [9.17, 15) is 18.0 Å². The minimum Gasteiger partial charge on any atom is -0.376 e. The third-order valence-corrected chi connectivity index (χ3v) is 5.12. The molecule has 26 heavy (non-hydrogen) atoms. The lowest BCUT2D eigenvalue weighted by Crippen LogP contribution is -2.48. The smallest absolute Gasteiger partial charge is 0.376 e. The summed E-state index contributed by atoms with van der Waals surface area (Å²) in [5.74, 6) is -0.658. The second-order valence-electron chi connectivity index (χ2n) is 6.88. The molecule has 1 aliphatic heterocycles. The molecular weight excluding hydrogens is 347 g/mol. The summed E-state index contributed by atoms with van der Waals surface area (Å²) in [6, 6.07) is 5.37. The molecule has 3 rings (SSSR count).